The molecule has 5 nitrogen and oxygen atoms in total. The molecule has 0 radical (unpaired) electrons. The Bertz CT molecular complexity index is 528. The minimum absolute atomic E-state index is 0.370. The Morgan fingerprint density at radius 2 is 2.06 bits per heavy atom. The first-order valence-corrected chi connectivity index (χ1v) is 5.40. The molecule has 0 aliphatic carbocycles. The number of nitrogens with one attached hydrogen (secondary N) is 1. The second kappa shape index (κ2) is 5.25. The number of fused-ring (bicyclic) bond motifs is 1. The van der Waals surface area contributed by atoms with Gasteiger partial charge in [-0.15, -0.1) is 0 Å². The minimum Gasteiger partial charge on any atom is -0.450 e. The molecule has 88 valence electrons. The van der Waals surface area contributed by atoms with Crippen molar-refractivity contribution in [3.8, 4) is 0 Å². The lowest BCUT2D eigenvalue weighted by atomic mass is 10.2. The number of benzene rings is 1. The van der Waals surface area contributed by atoms with E-state index in [-0.39, 0.29) is 0 Å². The van der Waals surface area contributed by atoms with Crippen LogP contribution in [0.25, 0.3) is 11.0 Å². The van der Waals surface area contributed by atoms with Crippen molar-refractivity contribution in [1.82, 2.24) is 15.3 Å². The second-order valence-electron chi connectivity index (χ2n) is 3.45. The van der Waals surface area contributed by atoms with E-state index in [9.17, 15) is 4.79 Å². The Labute approximate surface area is 98.8 Å². The molecule has 0 saturated carbocycles. The molecule has 0 bridgehead atoms. The van der Waals surface area contributed by atoms with E-state index in [4.69, 9.17) is 4.74 Å². The molecule has 2 aromatic rings. The Hall–Kier alpha value is -2.17. The van der Waals surface area contributed by atoms with Gasteiger partial charge in [0.2, 0.25) is 0 Å². The quantitative estimate of drug-likeness (QED) is 0.875. The largest absolute Gasteiger partial charge is 0.450 e. The van der Waals surface area contributed by atoms with E-state index in [1.165, 1.54) is 0 Å². The monoisotopic (exact) mass is 231 g/mol. The summed E-state index contributed by atoms with van der Waals surface area (Å²) in [6.45, 7) is 2.56. The number of amides is 1. The minimum atomic E-state index is -0.410. The van der Waals surface area contributed by atoms with Crippen LogP contribution in [0.2, 0.25) is 0 Å². The number of hydrogen-bond acceptors (Lipinski definition) is 4. The maximum atomic E-state index is 11.1. The van der Waals surface area contributed by atoms with Gasteiger partial charge in [-0.25, -0.2) is 4.79 Å². The maximum Gasteiger partial charge on any atom is 0.407 e. The number of aromatic nitrogens is 2. The van der Waals surface area contributed by atoms with E-state index in [0.717, 1.165) is 16.6 Å². The molecule has 1 aromatic carbocycles. The van der Waals surface area contributed by atoms with E-state index >= 15 is 0 Å². The fraction of sp³-hybridized carbons (Fsp3) is 0.250. The van der Waals surface area contributed by atoms with Gasteiger partial charge in [-0.3, -0.25) is 9.97 Å². The summed E-state index contributed by atoms with van der Waals surface area (Å²) < 4.78 is 4.77. The number of hydrogen-bond donors (Lipinski definition) is 1. The number of ether oxygens (including phenoxy) is 1. The molecular weight excluding hydrogens is 218 g/mol. The summed E-state index contributed by atoms with van der Waals surface area (Å²) in [5, 5.41) is 2.66. The first-order chi connectivity index (χ1) is 8.29. The molecule has 5 heteroatoms. The van der Waals surface area contributed by atoms with Crippen LogP contribution in [0.15, 0.2) is 30.6 Å². The molecule has 1 amide bonds. The van der Waals surface area contributed by atoms with E-state index in [2.05, 4.69) is 15.3 Å². The molecule has 1 heterocycles. The van der Waals surface area contributed by atoms with E-state index in [1.807, 2.05) is 18.2 Å². The second-order valence-corrected chi connectivity index (χ2v) is 3.45. The summed E-state index contributed by atoms with van der Waals surface area (Å²) in [5.74, 6) is 0. The van der Waals surface area contributed by atoms with Gasteiger partial charge in [-0.1, -0.05) is 6.07 Å². The SMILES string of the molecule is CCOC(=O)NCc1ccc2nccnc2c1. The van der Waals surface area contributed by atoms with Crippen LogP contribution in [0.4, 0.5) is 4.79 Å². The molecule has 0 saturated heterocycles. The zero-order valence-electron chi connectivity index (χ0n) is 9.51. The molecule has 0 aliphatic heterocycles. The topological polar surface area (TPSA) is 64.1 Å². The highest BCUT2D eigenvalue weighted by Gasteiger charge is 2.01. The summed E-state index contributed by atoms with van der Waals surface area (Å²) in [4.78, 5) is 19.5. The van der Waals surface area contributed by atoms with Crippen molar-refractivity contribution >= 4 is 17.1 Å². The van der Waals surface area contributed by atoms with Gasteiger partial charge < -0.3 is 10.1 Å². The Morgan fingerprint density at radius 3 is 2.82 bits per heavy atom. The molecule has 0 spiro atoms. The average Bonchev–Trinajstić information content (AvgIpc) is 2.36. The highest BCUT2D eigenvalue weighted by Crippen LogP contribution is 2.10. The Morgan fingerprint density at radius 1 is 1.29 bits per heavy atom. The first kappa shape index (κ1) is 11.3. The van der Waals surface area contributed by atoms with Crippen LogP contribution < -0.4 is 5.32 Å². The zero-order valence-corrected chi connectivity index (χ0v) is 9.51. The summed E-state index contributed by atoms with van der Waals surface area (Å²) in [7, 11) is 0. The van der Waals surface area contributed by atoms with E-state index < -0.39 is 6.09 Å². The first-order valence-electron chi connectivity index (χ1n) is 5.40. The van der Waals surface area contributed by atoms with Crippen molar-refractivity contribution in [2.75, 3.05) is 6.61 Å². The molecule has 2 rings (SSSR count). The summed E-state index contributed by atoms with van der Waals surface area (Å²) in [5.41, 5.74) is 2.62. The molecule has 0 unspecified atom stereocenters. The predicted octanol–water partition coefficient (Wildman–Crippen LogP) is 1.88. The molecule has 1 aromatic heterocycles. The lowest BCUT2D eigenvalue weighted by molar-refractivity contribution is 0.151. The Balaban J connectivity index is 2.06. The van der Waals surface area contributed by atoms with E-state index in [0.29, 0.717) is 13.2 Å². The lowest BCUT2D eigenvalue weighted by Gasteiger charge is -2.05. The van der Waals surface area contributed by atoms with Gasteiger partial charge >= 0.3 is 6.09 Å². The standard InChI is InChI=1S/C12H13N3O2/c1-2-17-12(16)15-8-9-3-4-10-11(7-9)14-6-5-13-10/h3-7H,2,8H2,1H3,(H,15,16). The zero-order chi connectivity index (χ0) is 12.1. The normalized spacial score (nSPS) is 10.2. The van der Waals surface area contributed by atoms with Crippen LogP contribution in [0, 0.1) is 0 Å². The molecule has 0 atom stereocenters. The Kier molecular flexibility index (Phi) is 3.49. The van der Waals surface area contributed by atoms with Crippen molar-refractivity contribution < 1.29 is 9.53 Å². The fourth-order valence-corrected chi connectivity index (χ4v) is 1.48. The molecule has 17 heavy (non-hydrogen) atoms. The predicted molar refractivity (Wildman–Crippen MR) is 63.4 cm³/mol. The summed E-state index contributed by atoms with van der Waals surface area (Å²) >= 11 is 0. The highest BCUT2D eigenvalue weighted by molar-refractivity contribution is 5.74. The van der Waals surface area contributed by atoms with Gasteiger partial charge in [0, 0.05) is 18.9 Å². The number of alkyl carbamates (subject to hydrolysis) is 1. The van der Waals surface area contributed by atoms with Crippen molar-refractivity contribution in [3.05, 3.63) is 36.2 Å². The van der Waals surface area contributed by atoms with Crippen LogP contribution >= 0.6 is 0 Å². The van der Waals surface area contributed by atoms with Crippen molar-refractivity contribution in [3.63, 3.8) is 0 Å². The fourth-order valence-electron chi connectivity index (χ4n) is 1.48. The van der Waals surface area contributed by atoms with Crippen molar-refractivity contribution in [2.45, 2.75) is 13.5 Å². The van der Waals surface area contributed by atoms with Gasteiger partial charge in [-0.2, -0.15) is 0 Å². The number of nitrogens with zero attached hydrogens (tertiary/aromatic N) is 2. The van der Waals surface area contributed by atoms with Gasteiger partial charge in [0.25, 0.3) is 0 Å². The molecular formula is C12H13N3O2. The third-order valence-corrected chi connectivity index (χ3v) is 2.25. The number of carbonyl (C=O) groups excluding carboxylic acids is 1. The van der Waals surface area contributed by atoms with Crippen molar-refractivity contribution in [1.29, 1.82) is 0 Å². The maximum absolute atomic E-state index is 11.1. The van der Waals surface area contributed by atoms with Gasteiger partial charge in [0.05, 0.1) is 17.6 Å². The van der Waals surface area contributed by atoms with Crippen LogP contribution in [0.3, 0.4) is 0 Å². The summed E-state index contributed by atoms with van der Waals surface area (Å²) in [6.07, 6.45) is 2.88. The smallest absolute Gasteiger partial charge is 0.407 e. The van der Waals surface area contributed by atoms with Crippen LogP contribution in [0.1, 0.15) is 12.5 Å². The summed E-state index contributed by atoms with van der Waals surface area (Å²) in [6, 6.07) is 5.68. The van der Waals surface area contributed by atoms with Crippen molar-refractivity contribution in [2.24, 2.45) is 0 Å². The molecule has 0 aliphatic rings. The van der Waals surface area contributed by atoms with Crippen LogP contribution in [0.5, 0.6) is 0 Å². The molecule has 0 fully saturated rings. The van der Waals surface area contributed by atoms with Gasteiger partial charge in [-0.05, 0) is 24.6 Å². The third-order valence-electron chi connectivity index (χ3n) is 2.25. The average molecular weight is 231 g/mol. The van der Waals surface area contributed by atoms with Gasteiger partial charge in [0.1, 0.15) is 0 Å². The van der Waals surface area contributed by atoms with E-state index in [1.54, 1.807) is 19.3 Å². The number of carbonyl (C=O) groups is 1. The lowest BCUT2D eigenvalue weighted by Crippen LogP contribution is -2.23. The highest BCUT2D eigenvalue weighted by atomic mass is 16.5. The number of rotatable bonds is 3. The van der Waals surface area contributed by atoms with Crippen LogP contribution in [-0.4, -0.2) is 22.7 Å². The van der Waals surface area contributed by atoms with Gasteiger partial charge in [0.15, 0.2) is 0 Å². The third kappa shape index (κ3) is 2.90. The molecule has 1 N–H and O–H groups in total. The van der Waals surface area contributed by atoms with Crippen LogP contribution in [-0.2, 0) is 11.3 Å².